The standard InChI is InChI=1S/C28H38O3.C2H6/c1-18(29)23-11-12-24-22-10-9-20-17-21(31-26(30)19-7-5-4-6-8-19)13-15-27(20,2)25(22)14-16-28(23,24)3;1-2/h4-8,20-25H,9-17H2,1-3H3;1-2H3/t20-,21+,22?,23+,24?,25?,27-,28+;/m0./s1. The quantitative estimate of drug-likeness (QED) is 0.446. The maximum atomic E-state index is 12.6. The Morgan fingerprint density at radius 3 is 2.21 bits per heavy atom. The molecule has 3 nitrogen and oxygen atoms in total. The molecule has 0 saturated heterocycles. The molecule has 4 fully saturated rings. The van der Waals surface area contributed by atoms with Crippen LogP contribution in [0.5, 0.6) is 0 Å². The van der Waals surface area contributed by atoms with Crippen LogP contribution in [-0.2, 0) is 9.53 Å². The minimum absolute atomic E-state index is 0.0600. The van der Waals surface area contributed by atoms with Crippen molar-refractivity contribution in [3.63, 3.8) is 0 Å². The van der Waals surface area contributed by atoms with Gasteiger partial charge in [0.1, 0.15) is 11.9 Å². The molecule has 1 aromatic carbocycles. The maximum Gasteiger partial charge on any atom is 0.338 e. The first kappa shape index (κ1) is 24.5. The van der Waals surface area contributed by atoms with Crippen molar-refractivity contribution in [2.75, 3.05) is 0 Å². The molecule has 0 radical (unpaired) electrons. The maximum absolute atomic E-state index is 12.6. The number of carbonyl (C=O) groups is 2. The van der Waals surface area contributed by atoms with Crippen molar-refractivity contribution in [2.45, 2.75) is 98.5 Å². The Bertz CT molecular complexity index is 847. The third kappa shape index (κ3) is 4.19. The van der Waals surface area contributed by atoms with Gasteiger partial charge in [0.15, 0.2) is 0 Å². The molecule has 1 aromatic rings. The number of carbonyl (C=O) groups excluding carboxylic acids is 2. The van der Waals surface area contributed by atoms with Crippen LogP contribution < -0.4 is 0 Å². The first-order valence-corrected chi connectivity index (χ1v) is 13.6. The van der Waals surface area contributed by atoms with E-state index in [1.807, 2.05) is 51.1 Å². The van der Waals surface area contributed by atoms with Gasteiger partial charge in [-0.05, 0) is 111 Å². The fourth-order valence-corrected chi connectivity index (χ4v) is 8.79. The van der Waals surface area contributed by atoms with Crippen LogP contribution in [0, 0.1) is 40.4 Å². The lowest BCUT2D eigenvalue weighted by molar-refractivity contribution is -0.138. The number of ether oxygens (including phenoxy) is 1. The van der Waals surface area contributed by atoms with Crippen LogP contribution in [0.4, 0.5) is 0 Å². The van der Waals surface area contributed by atoms with Crippen molar-refractivity contribution >= 4 is 11.8 Å². The van der Waals surface area contributed by atoms with E-state index in [2.05, 4.69) is 13.8 Å². The van der Waals surface area contributed by atoms with Crippen molar-refractivity contribution in [2.24, 2.45) is 40.4 Å². The van der Waals surface area contributed by atoms with Crippen LogP contribution in [0.15, 0.2) is 30.3 Å². The Morgan fingerprint density at radius 2 is 1.52 bits per heavy atom. The van der Waals surface area contributed by atoms with Crippen LogP contribution in [0.1, 0.15) is 103 Å². The summed E-state index contributed by atoms with van der Waals surface area (Å²) in [5.41, 5.74) is 1.26. The summed E-state index contributed by atoms with van der Waals surface area (Å²) in [4.78, 5) is 24.9. The van der Waals surface area contributed by atoms with Crippen LogP contribution in [-0.4, -0.2) is 17.9 Å². The van der Waals surface area contributed by atoms with E-state index in [0.29, 0.717) is 22.7 Å². The van der Waals surface area contributed by atoms with Crippen molar-refractivity contribution in [1.82, 2.24) is 0 Å². The molecule has 0 aliphatic heterocycles. The molecule has 0 amide bonds. The summed E-state index contributed by atoms with van der Waals surface area (Å²) in [6.07, 6.45) is 10.7. The molecule has 4 aliphatic carbocycles. The number of fused-ring (bicyclic) bond motifs is 5. The summed E-state index contributed by atoms with van der Waals surface area (Å²) in [6.45, 7) is 10.8. The molecule has 3 heteroatoms. The first-order chi connectivity index (χ1) is 15.8. The molecule has 8 atom stereocenters. The van der Waals surface area contributed by atoms with Gasteiger partial charge in [-0.15, -0.1) is 0 Å². The van der Waals surface area contributed by atoms with Gasteiger partial charge >= 0.3 is 5.97 Å². The van der Waals surface area contributed by atoms with Crippen molar-refractivity contribution in [3.05, 3.63) is 35.9 Å². The number of hydrogen-bond acceptors (Lipinski definition) is 3. The molecule has 0 bridgehead atoms. The zero-order chi connectivity index (χ0) is 23.8. The minimum atomic E-state index is -0.169. The largest absolute Gasteiger partial charge is 0.459 e. The summed E-state index contributed by atoms with van der Waals surface area (Å²) >= 11 is 0. The van der Waals surface area contributed by atoms with Crippen LogP contribution in [0.3, 0.4) is 0 Å². The van der Waals surface area contributed by atoms with E-state index in [1.165, 1.54) is 38.5 Å². The first-order valence-electron chi connectivity index (χ1n) is 13.6. The van der Waals surface area contributed by atoms with Gasteiger partial charge < -0.3 is 4.74 Å². The molecule has 33 heavy (non-hydrogen) atoms. The van der Waals surface area contributed by atoms with Gasteiger partial charge in [-0.1, -0.05) is 45.9 Å². The molecule has 3 unspecified atom stereocenters. The summed E-state index contributed by atoms with van der Waals surface area (Å²) in [6, 6.07) is 9.41. The van der Waals surface area contributed by atoms with Crippen LogP contribution >= 0.6 is 0 Å². The summed E-state index contributed by atoms with van der Waals surface area (Å²) in [5.74, 6) is 3.49. The molecular formula is C30H44O3. The monoisotopic (exact) mass is 452 g/mol. The van der Waals surface area contributed by atoms with Crippen molar-refractivity contribution in [3.8, 4) is 0 Å². The Balaban J connectivity index is 0.00000126. The van der Waals surface area contributed by atoms with E-state index in [0.717, 1.165) is 37.0 Å². The highest BCUT2D eigenvalue weighted by Gasteiger charge is 2.60. The second-order valence-corrected chi connectivity index (χ2v) is 11.6. The van der Waals surface area contributed by atoms with Gasteiger partial charge in [-0.25, -0.2) is 4.79 Å². The lowest BCUT2D eigenvalue weighted by Gasteiger charge is -2.61. The Kier molecular flexibility index (Phi) is 7.08. The molecule has 4 aliphatic rings. The summed E-state index contributed by atoms with van der Waals surface area (Å²) in [5, 5.41) is 0. The molecular weight excluding hydrogens is 408 g/mol. The van der Waals surface area contributed by atoms with Gasteiger partial charge in [0.2, 0.25) is 0 Å². The number of hydrogen-bond donors (Lipinski definition) is 0. The number of Topliss-reactive ketones (excluding diaryl/α,β-unsaturated/α-hetero) is 1. The molecule has 0 aromatic heterocycles. The van der Waals surface area contributed by atoms with E-state index in [1.54, 1.807) is 0 Å². The third-order valence-electron chi connectivity index (χ3n) is 10.4. The number of benzene rings is 1. The number of esters is 1. The smallest absolute Gasteiger partial charge is 0.338 e. The van der Waals surface area contributed by atoms with E-state index in [9.17, 15) is 9.59 Å². The highest BCUT2D eigenvalue weighted by Crippen LogP contribution is 2.67. The van der Waals surface area contributed by atoms with Crippen LogP contribution in [0.25, 0.3) is 0 Å². The van der Waals surface area contributed by atoms with E-state index >= 15 is 0 Å². The third-order valence-corrected chi connectivity index (χ3v) is 10.4. The van der Waals surface area contributed by atoms with E-state index in [-0.39, 0.29) is 23.4 Å². The van der Waals surface area contributed by atoms with Gasteiger partial charge in [-0.3, -0.25) is 4.79 Å². The second kappa shape index (κ2) is 9.55. The molecule has 182 valence electrons. The van der Waals surface area contributed by atoms with E-state index in [4.69, 9.17) is 4.74 Å². The van der Waals surface area contributed by atoms with Gasteiger partial charge in [-0.2, -0.15) is 0 Å². The predicted molar refractivity (Wildman–Crippen MR) is 133 cm³/mol. The predicted octanol–water partition coefficient (Wildman–Crippen LogP) is 7.49. The summed E-state index contributed by atoms with van der Waals surface area (Å²) in [7, 11) is 0. The number of ketones is 1. The minimum Gasteiger partial charge on any atom is -0.459 e. The molecule has 0 heterocycles. The SMILES string of the molecule is CC.CC(=O)[C@H]1CCC2C3CC[C@H]4C[C@H](OC(=O)c5ccccc5)CC[C@]4(C)C3CC[C@@]21C. The van der Waals surface area contributed by atoms with Gasteiger partial charge in [0, 0.05) is 5.92 Å². The Hall–Kier alpha value is -1.64. The average molecular weight is 453 g/mol. The van der Waals surface area contributed by atoms with Gasteiger partial charge in [0.25, 0.3) is 0 Å². The van der Waals surface area contributed by atoms with Gasteiger partial charge in [0.05, 0.1) is 5.56 Å². The van der Waals surface area contributed by atoms with Crippen molar-refractivity contribution in [1.29, 1.82) is 0 Å². The second-order valence-electron chi connectivity index (χ2n) is 11.6. The lowest BCUT2D eigenvalue weighted by Crippen LogP contribution is -2.54. The van der Waals surface area contributed by atoms with Crippen molar-refractivity contribution < 1.29 is 14.3 Å². The molecule has 4 saturated carbocycles. The molecule has 5 rings (SSSR count). The molecule has 0 spiro atoms. The zero-order valence-electron chi connectivity index (χ0n) is 21.4. The normalized spacial score (nSPS) is 41.5. The Labute approximate surface area is 201 Å². The topological polar surface area (TPSA) is 43.4 Å². The fourth-order valence-electron chi connectivity index (χ4n) is 8.79. The zero-order valence-corrected chi connectivity index (χ0v) is 21.4. The highest BCUT2D eigenvalue weighted by atomic mass is 16.5. The fraction of sp³-hybridized carbons (Fsp3) is 0.733. The number of rotatable bonds is 3. The van der Waals surface area contributed by atoms with Crippen LogP contribution in [0.2, 0.25) is 0 Å². The highest BCUT2D eigenvalue weighted by molar-refractivity contribution is 5.89. The summed E-state index contributed by atoms with van der Waals surface area (Å²) < 4.78 is 5.96. The molecule has 0 N–H and O–H groups in total. The average Bonchev–Trinajstić information content (AvgIpc) is 3.19. The Morgan fingerprint density at radius 1 is 0.848 bits per heavy atom. The van der Waals surface area contributed by atoms with E-state index < -0.39 is 0 Å². The lowest BCUT2D eigenvalue weighted by atomic mass is 9.44.